The van der Waals surface area contributed by atoms with Gasteiger partial charge in [-0.1, -0.05) is 23.2 Å². The molecule has 8 nitrogen and oxygen atoms in total. The number of sulfonamides is 1. The molecule has 0 radical (unpaired) electrons. The van der Waals surface area contributed by atoms with Crippen LogP contribution in [0.5, 0.6) is 0 Å². The highest BCUT2D eigenvalue weighted by atomic mass is 35.5. The lowest BCUT2D eigenvalue weighted by atomic mass is 10.3. The van der Waals surface area contributed by atoms with E-state index in [1.807, 2.05) is 0 Å². The summed E-state index contributed by atoms with van der Waals surface area (Å²) in [5, 5.41) is 2.88. The first-order chi connectivity index (χ1) is 13.7. The van der Waals surface area contributed by atoms with Crippen molar-refractivity contribution in [1.29, 1.82) is 0 Å². The third-order valence-electron chi connectivity index (χ3n) is 4.28. The number of hydrazine groups is 1. The van der Waals surface area contributed by atoms with Gasteiger partial charge in [-0.15, -0.1) is 11.3 Å². The Bertz CT molecular complexity index is 1010. The number of nitrogens with one attached hydrogen (secondary N) is 1. The summed E-state index contributed by atoms with van der Waals surface area (Å²) >= 11 is 13.2. The van der Waals surface area contributed by atoms with E-state index in [-0.39, 0.29) is 5.91 Å². The molecule has 0 aromatic carbocycles. The smallest absolute Gasteiger partial charge is 0.240 e. The van der Waals surface area contributed by atoms with E-state index in [1.165, 1.54) is 28.6 Å². The molecule has 12 heteroatoms. The van der Waals surface area contributed by atoms with Gasteiger partial charge in [0.25, 0.3) is 0 Å². The van der Waals surface area contributed by atoms with Crippen LogP contribution in [0.1, 0.15) is 11.3 Å². The first-order valence-corrected chi connectivity index (χ1v) is 11.7. The number of carbonyl (C=O) groups excluding carboxylic acids is 1. The summed E-state index contributed by atoms with van der Waals surface area (Å²) in [5.74, 6) is 5.72. The van der Waals surface area contributed by atoms with Gasteiger partial charge in [0.2, 0.25) is 15.9 Å². The number of amides is 1. The van der Waals surface area contributed by atoms with Crippen LogP contribution in [-0.2, 0) is 14.8 Å². The maximum absolute atomic E-state index is 12.5. The minimum atomic E-state index is -3.76. The average Bonchev–Trinajstić information content (AvgIpc) is 3.24. The van der Waals surface area contributed by atoms with Crippen LogP contribution in [0.2, 0.25) is 9.36 Å². The molecule has 0 bridgehead atoms. The number of halogens is 2. The molecular formula is C17H19Cl2N5O3S2. The van der Waals surface area contributed by atoms with Crippen LogP contribution < -0.4 is 15.6 Å². The number of thiophene rings is 1. The standard InChI is InChI=1S/C17H19Cl2N5O3S2/c18-13-11-21-6-3-15(13)24(20)9-8-23-7-4-14(17(23)25)22-29(26,27)10-5-12-1-2-16(19)28-12/h1-3,5-6,10-11,14,22H,4,7-9,20H2/t14-/m0/s1. The van der Waals surface area contributed by atoms with Gasteiger partial charge in [-0.05, 0) is 30.7 Å². The molecule has 1 saturated heterocycles. The number of pyridine rings is 1. The summed E-state index contributed by atoms with van der Waals surface area (Å²) in [6.07, 6.45) is 4.89. The molecular weight excluding hydrogens is 457 g/mol. The predicted octanol–water partition coefficient (Wildman–Crippen LogP) is 2.32. The summed E-state index contributed by atoms with van der Waals surface area (Å²) < 4.78 is 27.5. The SMILES string of the molecule is NN(CCN1CC[C@H](NS(=O)(=O)C=Cc2ccc(Cl)s2)C1=O)c1ccncc1Cl. The van der Waals surface area contributed by atoms with E-state index < -0.39 is 16.1 Å². The Labute approximate surface area is 182 Å². The zero-order chi connectivity index (χ0) is 21.0. The van der Waals surface area contributed by atoms with Crippen LogP contribution in [0, 0.1) is 0 Å². The molecule has 29 heavy (non-hydrogen) atoms. The van der Waals surface area contributed by atoms with Gasteiger partial charge in [0.05, 0.1) is 21.6 Å². The molecule has 2 aromatic rings. The van der Waals surface area contributed by atoms with E-state index in [1.54, 1.807) is 29.3 Å². The van der Waals surface area contributed by atoms with E-state index in [0.717, 1.165) is 5.41 Å². The molecule has 2 aromatic heterocycles. The Balaban J connectivity index is 1.54. The Hall–Kier alpha value is -1.69. The van der Waals surface area contributed by atoms with Crippen molar-refractivity contribution in [3.8, 4) is 0 Å². The molecule has 0 saturated carbocycles. The van der Waals surface area contributed by atoms with Crippen molar-refractivity contribution < 1.29 is 13.2 Å². The van der Waals surface area contributed by atoms with Crippen LogP contribution >= 0.6 is 34.5 Å². The Morgan fingerprint density at radius 3 is 2.86 bits per heavy atom. The fourth-order valence-electron chi connectivity index (χ4n) is 2.83. The van der Waals surface area contributed by atoms with Crippen LogP contribution in [0.15, 0.2) is 36.0 Å². The number of rotatable bonds is 8. The van der Waals surface area contributed by atoms with Crippen LogP contribution in [0.4, 0.5) is 5.69 Å². The maximum Gasteiger partial charge on any atom is 0.240 e. The Morgan fingerprint density at radius 1 is 1.38 bits per heavy atom. The zero-order valence-corrected chi connectivity index (χ0v) is 18.3. The van der Waals surface area contributed by atoms with Crippen molar-refractivity contribution in [1.82, 2.24) is 14.6 Å². The quantitative estimate of drug-likeness (QED) is 0.447. The molecule has 0 unspecified atom stereocenters. The molecule has 156 valence electrons. The van der Waals surface area contributed by atoms with Crippen molar-refractivity contribution in [3.63, 3.8) is 0 Å². The predicted molar refractivity (Wildman–Crippen MR) is 116 cm³/mol. The Morgan fingerprint density at radius 2 is 2.17 bits per heavy atom. The van der Waals surface area contributed by atoms with E-state index in [4.69, 9.17) is 29.0 Å². The molecule has 1 amide bonds. The number of aromatic nitrogens is 1. The van der Waals surface area contributed by atoms with E-state index in [0.29, 0.717) is 46.0 Å². The van der Waals surface area contributed by atoms with Gasteiger partial charge in [0.1, 0.15) is 6.04 Å². The second-order valence-corrected chi connectivity index (χ2v) is 10.0. The number of hydrogen-bond acceptors (Lipinski definition) is 7. The van der Waals surface area contributed by atoms with Gasteiger partial charge >= 0.3 is 0 Å². The average molecular weight is 476 g/mol. The summed E-state index contributed by atoms with van der Waals surface area (Å²) in [6, 6.07) is 4.28. The van der Waals surface area contributed by atoms with Crippen LogP contribution in [0.25, 0.3) is 6.08 Å². The third-order valence-corrected chi connectivity index (χ3v) is 6.88. The van der Waals surface area contributed by atoms with E-state index in [2.05, 4.69) is 9.71 Å². The summed E-state index contributed by atoms with van der Waals surface area (Å²) in [6.45, 7) is 1.12. The topological polar surface area (TPSA) is 109 Å². The normalized spacial score (nSPS) is 17.4. The van der Waals surface area contributed by atoms with Gasteiger partial charge in [0, 0.05) is 35.8 Å². The lowest BCUT2D eigenvalue weighted by molar-refractivity contribution is -0.128. The minimum absolute atomic E-state index is 0.282. The van der Waals surface area contributed by atoms with Gasteiger partial charge in [-0.2, -0.15) is 4.72 Å². The number of carbonyl (C=O) groups is 1. The number of nitrogens with zero attached hydrogens (tertiary/aromatic N) is 3. The maximum atomic E-state index is 12.5. The largest absolute Gasteiger partial charge is 0.339 e. The summed E-state index contributed by atoms with van der Waals surface area (Å²) in [7, 11) is -3.76. The molecule has 1 aliphatic heterocycles. The highest BCUT2D eigenvalue weighted by Gasteiger charge is 2.33. The number of likely N-dealkylation sites (tertiary alicyclic amines) is 1. The lowest BCUT2D eigenvalue weighted by Crippen LogP contribution is -2.44. The number of anilines is 1. The number of nitrogens with two attached hydrogens (primary N) is 1. The Kier molecular flexibility index (Phi) is 7.14. The minimum Gasteiger partial charge on any atom is -0.339 e. The number of hydrogen-bond donors (Lipinski definition) is 2. The highest BCUT2D eigenvalue weighted by Crippen LogP contribution is 2.23. The van der Waals surface area contributed by atoms with Crippen molar-refractivity contribution in [2.24, 2.45) is 5.84 Å². The molecule has 3 N–H and O–H groups in total. The molecule has 0 aliphatic carbocycles. The van der Waals surface area contributed by atoms with Crippen molar-refractivity contribution >= 4 is 62.2 Å². The fraction of sp³-hybridized carbons (Fsp3) is 0.294. The van der Waals surface area contributed by atoms with Gasteiger partial charge < -0.3 is 9.91 Å². The molecule has 1 fully saturated rings. The van der Waals surface area contributed by atoms with Gasteiger partial charge in [-0.25, -0.2) is 14.3 Å². The first-order valence-electron chi connectivity index (χ1n) is 8.61. The van der Waals surface area contributed by atoms with Crippen molar-refractivity contribution in [3.05, 3.63) is 50.2 Å². The summed E-state index contributed by atoms with van der Waals surface area (Å²) in [4.78, 5) is 18.7. The molecule has 3 rings (SSSR count). The van der Waals surface area contributed by atoms with Crippen molar-refractivity contribution in [2.45, 2.75) is 12.5 Å². The highest BCUT2D eigenvalue weighted by molar-refractivity contribution is 7.92. The van der Waals surface area contributed by atoms with Crippen LogP contribution in [-0.4, -0.2) is 49.9 Å². The molecule has 3 heterocycles. The third kappa shape index (κ3) is 5.91. The summed E-state index contributed by atoms with van der Waals surface area (Å²) in [5.41, 5.74) is 0.601. The monoisotopic (exact) mass is 475 g/mol. The van der Waals surface area contributed by atoms with Crippen molar-refractivity contribution in [2.75, 3.05) is 24.6 Å². The zero-order valence-electron chi connectivity index (χ0n) is 15.2. The molecule has 1 aliphatic rings. The lowest BCUT2D eigenvalue weighted by Gasteiger charge is -2.23. The second-order valence-electron chi connectivity index (χ2n) is 6.29. The molecule has 0 spiro atoms. The second kappa shape index (κ2) is 9.41. The van der Waals surface area contributed by atoms with E-state index in [9.17, 15) is 13.2 Å². The fourth-order valence-corrected chi connectivity index (χ4v) is 5.13. The first kappa shape index (κ1) is 22.0. The molecule has 1 atom stereocenters. The van der Waals surface area contributed by atoms with Gasteiger partial charge in [0.15, 0.2) is 0 Å². The van der Waals surface area contributed by atoms with E-state index >= 15 is 0 Å². The van der Waals surface area contributed by atoms with Crippen LogP contribution in [0.3, 0.4) is 0 Å². The van der Waals surface area contributed by atoms with Gasteiger partial charge in [-0.3, -0.25) is 9.78 Å².